The molecule has 8 nitrogen and oxygen atoms in total. The van der Waals surface area contributed by atoms with Crippen LogP contribution < -0.4 is 4.74 Å². The Bertz CT molecular complexity index is 599. The molecule has 0 radical (unpaired) electrons. The number of nitrogens with zero attached hydrogens (tertiary/aromatic N) is 2. The number of benzene rings is 1. The first kappa shape index (κ1) is 16.3. The summed E-state index contributed by atoms with van der Waals surface area (Å²) >= 11 is 0. The Balaban J connectivity index is 3.26. The van der Waals surface area contributed by atoms with Gasteiger partial charge in [-0.05, 0) is 19.1 Å². The highest BCUT2D eigenvalue weighted by Gasteiger charge is 2.26. The highest BCUT2D eigenvalue weighted by molar-refractivity contribution is 7.89. The van der Waals surface area contributed by atoms with E-state index < -0.39 is 26.7 Å². The lowest BCUT2D eigenvalue weighted by Crippen LogP contribution is -2.33. The van der Waals surface area contributed by atoms with Crippen LogP contribution in [0.15, 0.2) is 23.1 Å². The summed E-state index contributed by atoms with van der Waals surface area (Å²) in [4.78, 5) is 9.94. The molecule has 0 saturated carbocycles. The van der Waals surface area contributed by atoms with Gasteiger partial charge < -0.3 is 9.84 Å². The molecular weight excluding hydrogens is 288 g/mol. The van der Waals surface area contributed by atoms with E-state index in [0.717, 1.165) is 10.4 Å². The topological polar surface area (TPSA) is 110 Å². The number of likely N-dealkylation sites (N-methyl/N-ethyl adjacent to an activating group) is 1. The minimum absolute atomic E-state index is 0.0212. The van der Waals surface area contributed by atoms with E-state index in [1.165, 1.54) is 33.2 Å². The predicted molar refractivity (Wildman–Crippen MR) is 71.1 cm³/mol. The van der Waals surface area contributed by atoms with E-state index >= 15 is 0 Å². The number of aliphatic hydroxyl groups is 1. The normalized spacial score (nSPS) is 13.2. The van der Waals surface area contributed by atoms with Crippen LogP contribution in [0.3, 0.4) is 0 Å². The van der Waals surface area contributed by atoms with Gasteiger partial charge >= 0.3 is 5.69 Å². The third-order valence-electron chi connectivity index (χ3n) is 2.58. The first-order valence-electron chi connectivity index (χ1n) is 5.67. The van der Waals surface area contributed by atoms with Gasteiger partial charge in [-0.2, -0.15) is 4.31 Å². The fourth-order valence-corrected chi connectivity index (χ4v) is 2.90. The van der Waals surface area contributed by atoms with E-state index in [2.05, 4.69) is 0 Å². The quantitative estimate of drug-likeness (QED) is 0.609. The summed E-state index contributed by atoms with van der Waals surface area (Å²) < 4.78 is 30.1. The van der Waals surface area contributed by atoms with E-state index in [1.54, 1.807) is 0 Å². The number of hydrogen-bond acceptors (Lipinski definition) is 6. The largest absolute Gasteiger partial charge is 0.490 e. The molecule has 1 aromatic carbocycles. The van der Waals surface area contributed by atoms with Crippen LogP contribution >= 0.6 is 0 Å². The molecule has 0 heterocycles. The zero-order chi connectivity index (χ0) is 15.5. The number of hydrogen-bond donors (Lipinski definition) is 1. The molecule has 112 valence electrons. The van der Waals surface area contributed by atoms with Crippen LogP contribution in [-0.2, 0) is 10.0 Å². The summed E-state index contributed by atoms with van der Waals surface area (Å²) in [6.07, 6.45) is -0.844. The molecule has 20 heavy (non-hydrogen) atoms. The fourth-order valence-electron chi connectivity index (χ4n) is 1.62. The Morgan fingerprint density at radius 1 is 1.50 bits per heavy atom. The molecule has 0 fully saturated rings. The van der Waals surface area contributed by atoms with Gasteiger partial charge in [0.1, 0.15) is 0 Å². The zero-order valence-corrected chi connectivity index (χ0v) is 12.1. The molecule has 0 bridgehead atoms. The van der Waals surface area contributed by atoms with Crippen LogP contribution in [0.25, 0.3) is 0 Å². The molecule has 0 saturated heterocycles. The van der Waals surface area contributed by atoms with Gasteiger partial charge in [-0.15, -0.1) is 0 Å². The van der Waals surface area contributed by atoms with Crippen molar-refractivity contribution in [3.63, 3.8) is 0 Å². The van der Waals surface area contributed by atoms with Crippen LogP contribution in [0.2, 0.25) is 0 Å². The smallest absolute Gasteiger partial charge is 0.312 e. The van der Waals surface area contributed by atoms with Crippen molar-refractivity contribution in [2.45, 2.75) is 17.9 Å². The number of sulfonamides is 1. The Kier molecular flexibility index (Phi) is 5.03. The third kappa shape index (κ3) is 3.44. The molecule has 9 heteroatoms. The molecule has 0 amide bonds. The second kappa shape index (κ2) is 6.16. The first-order chi connectivity index (χ1) is 9.20. The maximum atomic E-state index is 12.2. The number of nitro groups is 1. The van der Waals surface area contributed by atoms with Gasteiger partial charge in [0.05, 0.1) is 23.0 Å². The summed E-state index contributed by atoms with van der Waals surface area (Å²) in [6, 6.07) is 3.38. The van der Waals surface area contributed by atoms with Gasteiger partial charge in [-0.3, -0.25) is 10.1 Å². The summed E-state index contributed by atoms with van der Waals surface area (Å²) in [5.74, 6) is -0.0212. The maximum absolute atomic E-state index is 12.2. The van der Waals surface area contributed by atoms with Gasteiger partial charge in [0.15, 0.2) is 5.75 Å². The van der Waals surface area contributed by atoms with Crippen LogP contribution in [0.4, 0.5) is 5.69 Å². The molecule has 1 aromatic rings. The van der Waals surface area contributed by atoms with Crippen LogP contribution in [-0.4, -0.2) is 49.6 Å². The van der Waals surface area contributed by atoms with Crippen molar-refractivity contribution >= 4 is 15.7 Å². The molecule has 1 unspecified atom stereocenters. The van der Waals surface area contributed by atoms with Crippen LogP contribution in [0.1, 0.15) is 6.92 Å². The minimum atomic E-state index is -3.90. The minimum Gasteiger partial charge on any atom is -0.490 e. The average Bonchev–Trinajstić information content (AvgIpc) is 2.36. The van der Waals surface area contributed by atoms with Gasteiger partial charge in [0, 0.05) is 19.7 Å². The number of rotatable bonds is 6. The second-order valence-corrected chi connectivity index (χ2v) is 6.27. The highest BCUT2D eigenvalue weighted by Crippen LogP contribution is 2.30. The lowest BCUT2D eigenvalue weighted by atomic mass is 10.3. The van der Waals surface area contributed by atoms with Gasteiger partial charge in [-0.25, -0.2) is 8.42 Å². The molecule has 0 aromatic heterocycles. The third-order valence-corrected chi connectivity index (χ3v) is 4.40. The number of aliphatic hydroxyl groups excluding tert-OH is 1. The zero-order valence-electron chi connectivity index (χ0n) is 11.3. The molecular formula is C11H16N2O6S. The summed E-state index contributed by atoms with van der Waals surface area (Å²) in [7, 11) is -1.35. The Hall–Kier alpha value is -1.71. The molecule has 0 spiro atoms. The standard InChI is InChI=1S/C11H16N2O6S/c1-8(14)7-12(2)20(17,18)9-4-5-11(19-3)10(6-9)13(15)16/h4-6,8,14H,7H2,1-3H3. The molecule has 0 aliphatic rings. The van der Waals surface area contributed by atoms with Crippen LogP contribution in [0.5, 0.6) is 5.75 Å². The van der Waals surface area contributed by atoms with Crippen molar-refractivity contribution < 1.29 is 23.2 Å². The number of ether oxygens (including phenoxy) is 1. The van der Waals surface area contributed by atoms with E-state index in [-0.39, 0.29) is 17.2 Å². The monoisotopic (exact) mass is 304 g/mol. The Morgan fingerprint density at radius 3 is 2.55 bits per heavy atom. The summed E-state index contributed by atoms with van der Waals surface area (Å²) in [6.45, 7) is 1.34. The van der Waals surface area contributed by atoms with Crippen molar-refractivity contribution in [1.29, 1.82) is 0 Å². The number of nitro benzene ring substituents is 1. The van der Waals surface area contributed by atoms with Gasteiger partial charge in [0.2, 0.25) is 10.0 Å². The highest BCUT2D eigenvalue weighted by atomic mass is 32.2. The fraction of sp³-hybridized carbons (Fsp3) is 0.455. The lowest BCUT2D eigenvalue weighted by molar-refractivity contribution is -0.386. The van der Waals surface area contributed by atoms with Gasteiger partial charge in [0.25, 0.3) is 0 Å². The Morgan fingerprint density at radius 2 is 2.10 bits per heavy atom. The number of methoxy groups -OCH3 is 1. The molecule has 1 N–H and O–H groups in total. The van der Waals surface area contributed by atoms with Crippen molar-refractivity contribution in [2.24, 2.45) is 0 Å². The van der Waals surface area contributed by atoms with E-state index in [1.807, 2.05) is 0 Å². The lowest BCUT2D eigenvalue weighted by Gasteiger charge is -2.18. The van der Waals surface area contributed by atoms with E-state index in [0.29, 0.717) is 0 Å². The summed E-state index contributed by atoms with van der Waals surface area (Å²) in [5.41, 5.74) is -0.431. The molecule has 1 atom stereocenters. The van der Waals surface area contributed by atoms with Crippen molar-refractivity contribution in [3.05, 3.63) is 28.3 Å². The van der Waals surface area contributed by atoms with Gasteiger partial charge in [-0.1, -0.05) is 0 Å². The second-order valence-electron chi connectivity index (χ2n) is 4.23. The predicted octanol–water partition coefficient (Wildman–Crippen LogP) is 0.605. The first-order valence-corrected chi connectivity index (χ1v) is 7.11. The molecule has 1 rings (SSSR count). The Labute approximate surface area is 116 Å². The van der Waals surface area contributed by atoms with E-state index in [4.69, 9.17) is 4.74 Å². The molecule has 0 aliphatic carbocycles. The van der Waals surface area contributed by atoms with E-state index in [9.17, 15) is 23.6 Å². The average molecular weight is 304 g/mol. The van der Waals surface area contributed by atoms with Crippen molar-refractivity contribution in [3.8, 4) is 5.75 Å². The SMILES string of the molecule is COc1ccc(S(=O)(=O)N(C)CC(C)O)cc1[N+](=O)[O-]. The van der Waals surface area contributed by atoms with Crippen molar-refractivity contribution in [1.82, 2.24) is 4.31 Å². The van der Waals surface area contributed by atoms with Crippen LogP contribution in [0, 0.1) is 10.1 Å². The van der Waals surface area contributed by atoms with Crippen molar-refractivity contribution in [2.75, 3.05) is 20.7 Å². The maximum Gasteiger partial charge on any atom is 0.312 e. The summed E-state index contributed by atoms with van der Waals surface area (Å²) in [5, 5.41) is 20.1. The molecule has 0 aliphatic heterocycles.